The minimum Gasteiger partial charge on any atom is -0.484 e. The molecule has 0 aliphatic rings. The predicted octanol–water partition coefficient (Wildman–Crippen LogP) is 3.64. The second kappa shape index (κ2) is 9.36. The fraction of sp³-hybridized carbons (Fsp3) is 0.136. The van der Waals surface area contributed by atoms with Gasteiger partial charge < -0.3 is 13.9 Å². The van der Waals surface area contributed by atoms with Gasteiger partial charge in [-0.15, -0.1) is 0 Å². The van der Waals surface area contributed by atoms with Crippen LogP contribution in [0.4, 0.5) is 0 Å². The lowest BCUT2D eigenvalue weighted by atomic mass is 10.1. The maximum Gasteiger partial charge on any atom is 0.379 e. The van der Waals surface area contributed by atoms with Crippen molar-refractivity contribution in [3.8, 4) is 11.5 Å². The largest absolute Gasteiger partial charge is 0.484 e. The van der Waals surface area contributed by atoms with E-state index in [-0.39, 0.29) is 18.3 Å². The Morgan fingerprint density at radius 2 is 1.79 bits per heavy atom. The van der Waals surface area contributed by atoms with Crippen LogP contribution in [0.2, 0.25) is 0 Å². The first-order chi connectivity index (χ1) is 14.0. The van der Waals surface area contributed by atoms with Gasteiger partial charge in [0.1, 0.15) is 11.5 Å². The Morgan fingerprint density at radius 3 is 2.48 bits per heavy atom. The normalized spacial score (nSPS) is 10.7. The molecule has 0 saturated carbocycles. The summed E-state index contributed by atoms with van der Waals surface area (Å²) in [6.45, 7) is 3.85. The van der Waals surface area contributed by atoms with Crippen LogP contribution in [0.1, 0.15) is 27.2 Å². The van der Waals surface area contributed by atoms with Crippen LogP contribution in [0.3, 0.4) is 0 Å². The Hall–Kier alpha value is -3.87. The van der Waals surface area contributed by atoms with Gasteiger partial charge >= 0.3 is 5.97 Å². The molecule has 1 N–H and O–H groups in total. The van der Waals surface area contributed by atoms with Crippen molar-refractivity contribution in [3.05, 3.63) is 83.3 Å². The van der Waals surface area contributed by atoms with Gasteiger partial charge in [-0.1, -0.05) is 6.07 Å². The van der Waals surface area contributed by atoms with Gasteiger partial charge in [-0.05, 0) is 79.1 Å². The van der Waals surface area contributed by atoms with Crippen molar-refractivity contribution in [2.45, 2.75) is 13.8 Å². The first kappa shape index (κ1) is 19.9. The van der Waals surface area contributed by atoms with Crippen molar-refractivity contribution in [2.75, 3.05) is 6.61 Å². The highest BCUT2D eigenvalue weighted by molar-refractivity contribution is 5.88. The van der Waals surface area contributed by atoms with Crippen LogP contribution >= 0.6 is 0 Å². The summed E-state index contributed by atoms with van der Waals surface area (Å²) in [6.07, 6.45) is 2.88. The minimum absolute atomic E-state index is 0.126. The standard InChI is InChI=1S/C22H20N2O5/c1-15-5-8-19(12-16(15)2)28-14-21(25)24-23-13-17-6-9-18(10-7-17)29-22(26)20-4-3-11-27-20/h3-13H,14H2,1-2H3,(H,24,25)/b23-13-. The molecule has 0 saturated heterocycles. The lowest BCUT2D eigenvalue weighted by molar-refractivity contribution is -0.123. The number of nitrogens with zero attached hydrogens (tertiary/aromatic N) is 1. The Kier molecular flexibility index (Phi) is 6.42. The summed E-state index contributed by atoms with van der Waals surface area (Å²) in [7, 11) is 0. The first-order valence-corrected chi connectivity index (χ1v) is 8.89. The quantitative estimate of drug-likeness (QED) is 0.287. The number of hydrogen-bond donors (Lipinski definition) is 1. The number of amides is 1. The molecule has 0 bridgehead atoms. The van der Waals surface area contributed by atoms with Crippen LogP contribution in [0.15, 0.2) is 70.4 Å². The number of aryl methyl sites for hydroxylation is 2. The second-order valence-electron chi connectivity index (χ2n) is 6.26. The fourth-order valence-corrected chi connectivity index (χ4v) is 2.34. The van der Waals surface area contributed by atoms with Crippen molar-refractivity contribution in [2.24, 2.45) is 5.10 Å². The minimum atomic E-state index is -0.576. The van der Waals surface area contributed by atoms with E-state index < -0.39 is 5.97 Å². The van der Waals surface area contributed by atoms with Crippen LogP contribution in [0, 0.1) is 13.8 Å². The topological polar surface area (TPSA) is 90.1 Å². The molecule has 3 rings (SSSR count). The Labute approximate surface area is 167 Å². The van der Waals surface area contributed by atoms with Crippen LogP contribution in [-0.2, 0) is 4.79 Å². The highest BCUT2D eigenvalue weighted by Gasteiger charge is 2.10. The zero-order valence-corrected chi connectivity index (χ0v) is 16.0. The average Bonchev–Trinajstić information content (AvgIpc) is 3.25. The molecule has 0 fully saturated rings. The van der Waals surface area contributed by atoms with E-state index in [0.29, 0.717) is 11.5 Å². The molecule has 1 heterocycles. The third kappa shape index (κ3) is 5.80. The second-order valence-corrected chi connectivity index (χ2v) is 6.26. The Morgan fingerprint density at radius 1 is 1.03 bits per heavy atom. The van der Waals surface area contributed by atoms with E-state index >= 15 is 0 Å². The van der Waals surface area contributed by atoms with E-state index in [1.165, 1.54) is 18.5 Å². The van der Waals surface area contributed by atoms with Crippen LogP contribution in [0.5, 0.6) is 11.5 Å². The number of carbonyl (C=O) groups excluding carboxylic acids is 2. The lowest BCUT2D eigenvalue weighted by Crippen LogP contribution is -2.24. The number of carbonyl (C=O) groups is 2. The predicted molar refractivity (Wildman–Crippen MR) is 107 cm³/mol. The highest BCUT2D eigenvalue weighted by atomic mass is 16.5. The van der Waals surface area contributed by atoms with Gasteiger partial charge in [0.05, 0.1) is 12.5 Å². The number of nitrogens with one attached hydrogen (secondary N) is 1. The summed E-state index contributed by atoms with van der Waals surface area (Å²) in [5.41, 5.74) is 5.38. The number of esters is 1. The molecule has 148 valence electrons. The van der Waals surface area contributed by atoms with Crippen molar-refractivity contribution in [1.82, 2.24) is 5.43 Å². The van der Waals surface area contributed by atoms with E-state index in [1.807, 2.05) is 32.0 Å². The molecular weight excluding hydrogens is 372 g/mol. The maximum absolute atomic E-state index is 11.8. The molecule has 0 aliphatic carbocycles. The van der Waals surface area contributed by atoms with Crippen molar-refractivity contribution < 1.29 is 23.5 Å². The number of hydrogen-bond acceptors (Lipinski definition) is 6. The molecular formula is C22H20N2O5. The molecule has 1 amide bonds. The summed E-state index contributed by atoms with van der Waals surface area (Å²) in [5, 5.41) is 3.89. The zero-order chi connectivity index (χ0) is 20.6. The van der Waals surface area contributed by atoms with Crippen molar-refractivity contribution in [3.63, 3.8) is 0 Å². The SMILES string of the molecule is Cc1ccc(OCC(=O)N/N=C\c2ccc(OC(=O)c3ccco3)cc2)cc1C. The molecule has 2 aromatic carbocycles. The summed E-state index contributed by atoms with van der Waals surface area (Å²) in [4.78, 5) is 23.6. The lowest BCUT2D eigenvalue weighted by Gasteiger charge is -2.07. The smallest absolute Gasteiger partial charge is 0.379 e. The van der Waals surface area contributed by atoms with Gasteiger partial charge in [0.15, 0.2) is 6.61 Å². The molecule has 0 aliphatic heterocycles. The average molecular weight is 392 g/mol. The van der Waals surface area contributed by atoms with E-state index in [9.17, 15) is 9.59 Å². The molecule has 7 heteroatoms. The van der Waals surface area contributed by atoms with Crippen molar-refractivity contribution >= 4 is 18.1 Å². The number of furan rings is 1. The molecule has 1 aromatic heterocycles. The van der Waals surface area contributed by atoms with Gasteiger partial charge in [-0.2, -0.15) is 5.10 Å². The van der Waals surface area contributed by atoms with Gasteiger partial charge in [0.2, 0.25) is 5.76 Å². The molecule has 0 spiro atoms. The molecule has 3 aromatic rings. The highest BCUT2D eigenvalue weighted by Crippen LogP contribution is 2.16. The number of rotatable bonds is 7. The van der Waals surface area contributed by atoms with Crippen LogP contribution in [0.25, 0.3) is 0 Å². The fourth-order valence-electron chi connectivity index (χ4n) is 2.34. The monoisotopic (exact) mass is 392 g/mol. The summed E-state index contributed by atoms with van der Waals surface area (Å²) in [5.74, 6) is 0.179. The molecule has 0 radical (unpaired) electrons. The molecule has 0 unspecified atom stereocenters. The zero-order valence-electron chi connectivity index (χ0n) is 16.0. The van der Waals surface area contributed by atoms with Gasteiger partial charge in [0.25, 0.3) is 5.91 Å². The summed E-state index contributed by atoms with van der Waals surface area (Å²) < 4.78 is 15.6. The van der Waals surface area contributed by atoms with E-state index in [2.05, 4.69) is 10.5 Å². The number of benzene rings is 2. The maximum atomic E-state index is 11.8. The van der Waals surface area contributed by atoms with Gasteiger partial charge in [0, 0.05) is 0 Å². The number of ether oxygens (including phenoxy) is 2. The summed E-state index contributed by atoms with van der Waals surface area (Å²) >= 11 is 0. The van der Waals surface area contributed by atoms with Crippen molar-refractivity contribution in [1.29, 1.82) is 0 Å². The molecule has 7 nitrogen and oxygen atoms in total. The van der Waals surface area contributed by atoms with E-state index in [4.69, 9.17) is 13.9 Å². The van der Waals surface area contributed by atoms with E-state index in [1.54, 1.807) is 30.3 Å². The van der Waals surface area contributed by atoms with Gasteiger partial charge in [-0.3, -0.25) is 4.79 Å². The van der Waals surface area contributed by atoms with Crippen LogP contribution in [-0.4, -0.2) is 24.7 Å². The van der Waals surface area contributed by atoms with E-state index in [0.717, 1.165) is 16.7 Å². The Balaban J connectivity index is 1.45. The Bertz CT molecular complexity index is 1010. The first-order valence-electron chi connectivity index (χ1n) is 8.89. The van der Waals surface area contributed by atoms with Crippen LogP contribution < -0.4 is 14.9 Å². The summed E-state index contributed by atoms with van der Waals surface area (Å²) in [6, 6.07) is 15.4. The molecule has 0 atom stereocenters. The number of hydrazone groups is 1. The molecule has 29 heavy (non-hydrogen) atoms. The third-order valence-electron chi connectivity index (χ3n) is 4.06. The third-order valence-corrected chi connectivity index (χ3v) is 4.06. The van der Waals surface area contributed by atoms with Gasteiger partial charge in [-0.25, -0.2) is 10.2 Å².